The van der Waals surface area contributed by atoms with Gasteiger partial charge in [0.25, 0.3) is 10.0 Å². The molecule has 1 aromatic heterocycles. The minimum Gasteiger partial charge on any atom is -0.490 e. The van der Waals surface area contributed by atoms with Crippen LogP contribution in [0.3, 0.4) is 0 Å². The molecule has 7 nitrogen and oxygen atoms in total. The van der Waals surface area contributed by atoms with Gasteiger partial charge in [-0.3, -0.25) is 9.10 Å². The Morgan fingerprint density at radius 3 is 2.56 bits per heavy atom. The van der Waals surface area contributed by atoms with E-state index < -0.39 is 21.6 Å². The van der Waals surface area contributed by atoms with E-state index in [0.717, 1.165) is 9.87 Å². The molecule has 2 aromatic carbocycles. The monoisotopic (exact) mass is 530 g/mol. The van der Waals surface area contributed by atoms with E-state index in [1.165, 1.54) is 35.7 Å². The van der Waals surface area contributed by atoms with Crippen LogP contribution >= 0.6 is 11.3 Å². The largest absolute Gasteiger partial charge is 0.490 e. The van der Waals surface area contributed by atoms with Crippen LogP contribution < -0.4 is 19.1 Å². The number of nitrogens with zero attached hydrogens (tertiary/aromatic N) is 1. The zero-order valence-corrected chi connectivity index (χ0v) is 21.6. The molecule has 0 saturated heterocycles. The van der Waals surface area contributed by atoms with E-state index in [4.69, 9.17) is 9.47 Å². The Morgan fingerprint density at radius 1 is 1.03 bits per heavy atom. The molecule has 0 amide bonds. The first-order valence-corrected chi connectivity index (χ1v) is 13.9. The van der Waals surface area contributed by atoms with E-state index in [1.807, 2.05) is 32.0 Å². The second-order valence-corrected chi connectivity index (χ2v) is 10.7. The number of hydrogen-bond donors (Lipinski definition) is 1. The minimum atomic E-state index is -4.15. The molecule has 10 heteroatoms. The van der Waals surface area contributed by atoms with Gasteiger partial charge >= 0.3 is 0 Å². The lowest BCUT2D eigenvalue weighted by Gasteiger charge is -2.29. The Balaban J connectivity index is 1.52. The number of hydrogen-bond acceptors (Lipinski definition) is 7. The Kier molecular flexibility index (Phi) is 7.95. The molecule has 0 aliphatic carbocycles. The van der Waals surface area contributed by atoms with Crippen molar-refractivity contribution in [2.45, 2.75) is 26.8 Å². The molecule has 2 heterocycles. The van der Waals surface area contributed by atoms with Gasteiger partial charge in [0.1, 0.15) is 10.7 Å². The topological polar surface area (TPSA) is 84.9 Å². The number of rotatable bonds is 10. The zero-order chi connectivity index (χ0) is 25.7. The number of sulfonamides is 1. The summed E-state index contributed by atoms with van der Waals surface area (Å²) in [4.78, 5) is 13.0. The Hall–Kier alpha value is -3.37. The van der Waals surface area contributed by atoms with E-state index in [0.29, 0.717) is 53.8 Å². The second kappa shape index (κ2) is 11.1. The molecule has 0 bridgehead atoms. The van der Waals surface area contributed by atoms with Crippen molar-refractivity contribution in [2.75, 3.05) is 24.1 Å². The van der Waals surface area contributed by atoms with Crippen molar-refractivity contribution >= 4 is 32.8 Å². The van der Waals surface area contributed by atoms with E-state index in [9.17, 15) is 17.6 Å². The standard InChI is InChI=1S/C26H27FN2O5S2/c1-3-33-22-9-8-18(15-23(22)34-4-2)10-12-28-16-24-25(30)26-21(11-13-35-26)29(36(24,31)32)17-19-6-5-7-20(27)14-19/h5-9,11,13-16,28H,3-4,10,12,17H2,1-2H3/b24-16-. The van der Waals surface area contributed by atoms with Gasteiger partial charge in [0, 0.05) is 12.7 Å². The summed E-state index contributed by atoms with van der Waals surface area (Å²) in [6, 6.07) is 13.0. The summed E-state index contributed by atoms with van der Waals surface area (Å²) in [5, 5.41) is 4.66. The summed E-state index contributed by atoms with van der Waals surface area (Å²) >= 11 is 1.18. The van der Waals surface area contributed by atoms with E-state index >= 15 is 0 Å². The quantitative estimate of drug-likeness (QED) is 0.297. The number of ketones is 1. The van der Waals surface area contributed by atoms with Crippen LogP contribution in [0.25, 0.3) is 0 Å². The number of allylic oxidation sites excluding steroid dienone is 1. The Bertz CT molecular complexity index is 1380. The van der Waals surface area contributed by atoms with Crippen LogP contribution in [0.1, 0.15) is 34.6 Å². The van der Waals surface area contributed by atoms with Crippen LogP contribution in [0.4, 0.5) is 10.1 Å². The number of fused-ring (bicyclic) bond motifs is 1. The summed E-state index contributed by atoms with van der Waals surface area (Å²) in [5.74, 6) is 0.311. The maximum atomic E-state index is 13.7. The van der Waals surface area contributed by atoms with Crippen LogP contribution in [0, 0.1) is 5.82 Å². The average molecular weight is 531 g/mol. The fraction of sp³-hybridized carbons (Fsp3) is 0.269. The summed E-state index contributed by atoms with van der Waals surface area (Å²) in [6.45, 7) is 5.15. The van der Waals surface area contributed by atoms with Crippen molar-refractivity contribution in [1.82, 2.24) is 5.32 Å². The van der Waals surface area contributed by atoms with Crippen LogP contribution in [0.2, 0.25) is 0 Å². The number of carbonyl (C=O) groups is 1. The highest BCUT2D eigenvalue weighted by Gasteiger charge is 2.41. The van der Waals surface area contributed by atoms with Crippen molar-refractivity contribution in [1.29, 1.82) is 0 Å². The number of carbonyl (C=O) groups excluding carboxylic acids is 1. The van der Waals surface area contributed by atoms with Crippen LogP contribution in [0.5, 0.6) is 11.5 Å². The number of nitrogens with one attached hydrogen (secondary N) is 1. The number of Topliss-reactive ketones (excluding diaryl/α,β-unsaturated/α-hetero) is 1. The van der Waals surface area contributed by atoms with Gasteiger partial charge in [-0.1, -0.05) is 18.2 Å². The van der Waals surface area contributed by atoms with Crippen molar-refractivity contribution < 1.29 is 27.1 Å². The fourth-order valence-corrected chi connectivity index (χ4v) is 6.40. The molecule has 1 N–H and O–H groups in total. The molecule has 36 heavy (non-hydrogen) atoms. The van der Waals surface area contributed by atoms with Crippen molar-refractivity contribution in [3.63, 3.8) is 0 Å². The summed E-state index contributed by atoms with van der Waals surface area (Å²) in [7, 11) is -4.15. The molecule has 0 spiro atoms. The van der Waals surface area contributed by atoms with Crippen molar-refractivity contribution in [3.05, 3.63) is 86.8 Å². The Labute approximate surface area is 214 Å². The first-order valence-electron chi connectivity index (χ1n) is 11.6. The van der Waals surface area contributed by atoms with Gasteiger partial charge < -0.3 is 14.8 Å². The number of benzene rings is 2. The molecule has 0 fully saturated rings. The summed E-state index contributed by atoms with van der Waals surface area (Å²) in [5.41, 5.74) is 1.76. The molecule has 1 aliphatic rings. The lowest BCUT2D eigenvalue weighted by molar-refractivity contribution is 0.104. The number of ether oxygens (including phenoxy) is 2. The van der Waals surface area contributed by atoms with Gasteiger partial charge in [-0.2, -0.15) is 0 Å². The third-order valence-corrected chi connectivity index (χ3v) is 8.19. The van der Waals surface area contributed by atoms with Crippen molar-refractivity contribution in [3.8, 4) is 11.5 Å². The second-order valence-electron chi connectivity index (χ2n) is 7.97. The van der Waals surface area contributed by atoms with Gasteiger partial charge in [0.05, 0.1) is 25.4 Å². The molecular formula is C26H27FN2O5S2. The minimum absolute atomic E-state index is 0.0825. The number of thiophene rings is 1. The average Bonchev–Trinajstić information content (AvgIpc) is 3.33. The van der Waals surface area contributed by atoms with Gasteiger partial charge in [0.2, 0.25) is 5.78 Å². The normalized spacial score (nSPS) is 15.6. The van der Waals surface area contributed by atoms with Crippen LogP contribution in [-0.2, 0) is 23.0 Å². The maximum absolute atomic E-state index is 13.7. The van der Waals surface area contributed by atoms with Gasteiger partial charge in [0.15, 0.2) is 16.4 Å². The third-order valence-electron chi connectivity index (χ3n) is 5.53. The van der Waals surface area contributed by atoms with Crippen molar-refractivity contribution in [2.24, 2.45) is 0 Å². The van der Waals surface area contributed by atoms with Gasteiger partial charge in [-0.15, -0.1) is 11.3 Å². The maximum Gasteiger partial charge on any atom is 0.270 e. The number of halogens is 1. The van der Waals surface area contributed by atoms with Crippen LogP contribution in [-0.4, -0.2) is 34.0 Å². The van der Waals surface area contributed by atoms with Crippen LogP contribution in [0.15, 0.2) is 65.0 Å². The first kappa shape index (κ1) is 25.7. The highest BCUT2D eigenvalue weighted by atomic mass is 32.2. The molecule has 1 aliphatic heterocycles. The first-order chi connectivity index (χ1) is 17.3. The molecule has 4 rings (SSSR count). The molecule has 0 unspecified atom stereocenters. The predicted molar refractivity (Wildman–Crippen MR) is 139 cm³/mol. The lowest BCUT2D eigenvalue weighted by Crippen LogP contribution is -2.38. The van der Waals surface area contributed by atoms with E-state index in [1.54, 1.807) is 17.5 Å². The predicted octanol–water partition coefficient (Wildman–Crippen LogP) is 4.89. The third kappa shape index (κ3) is 5.39. The van der Waals surface area contributed by atoms with E-state index in [-0.39, 0.29) is 11.4 Å². The molecule has 0 radical (unpaired) electrons. The zero-order valence-electron chi connectivity index (χ0n) is 20.0. The highest BCUT2D eigenvalue weighted by molar-refractivity contribution is 7.97. The molecule has 0 saturated carbocycles. The van der Waals surface area contributed by atoms with E-state index in [2.05, 4.69) is 5.32 Å². The summed E-state index contributed by atoms with van der Waals surface area (Å²) < 4.78 is 53.0. The molecule has 0 atom stereocenters. The smallest absolute Gasteiger partial charge is 0.270 e. The fourth-order valence-electron chi connectivity index (χ4n) is 3.89. The number of anilines is 1. The molecule has 3 aromatic rings. The SMILES string of the molecule is CCOc1ccc(CCN/C=C2/C(=O)c3sccc3N(Cc3cccc(F)c3)S2(=O)=O)cc1OCC. The summed E-state index contributed by atoms with van der Waals surface area (Å²) in [6.07, 6.45) is 1.83. The lowest BCUT2D eigenvalue weighted by atomic mass is 10.1. The molecule has 190 valence electrons. The van der Waals surface area contributed by atoms with Gasteiger partial charge in [-0.05, 0) is 67.1 Å². The highest BCUT2D eigenvalue weighted by Crippen LogP contribution is 2.39. The molecular weight excluding hydrogens is 503 g/mol. The Morgan fingerprint density at radius 2 is 1.81 bits per heavy atom. The van der Waals surface area contributed by atoms with Gasteiger partial charge in [-0.25, -0.2) is 12.8 Å².